The molecule has 4 N–H and O–H groups in total. The Balaban J connectivity index is 1.84. The number of rotatable bonds is 6. The minimum absolute atomic E-state index is 0.0118. The summed E-state index contributed by atoms with van der Waals surface area (Å²) in [7, 11) is -3.53. The fourth-order valence-corrected chi connectivity index (χ4v) is 3.61. The summed E-state index contributed by atoms with van der Waals surface area (Å²) in [6.45, 7) is 4.17. The van der Waals surface area contributed by atoms with Crippen LogP contribution in [0.3, 0.4) is 0 Å². The lowest BCUT2D eigenvalue weighted by Gasteiger charge is -2.28. The third-order valence-electron chi connectivity index (χ3n) is 4.25. The Hall–Kier alpha value is -1.44. The maximum atomic E-state index is 12.1. The van der Waals surface area contributed by atoms with Gasteiger partial charge in [0.25, 0.3) is 0 Å². The van der Waals surface area contributed by atoms with Gasteiger partial charge in [0, 0.05) is 12.1 Å². The second kappa shape index (κ2) is 7.90. The van der Waals surface area contributed by atoms with E-state index in [-0.39, 0.29) is 11.7 Å². The van der Waals surface area contributed by atoms with Crippen LogP contribution >= 0.6 is 0 Å². The second-order valence-electron chi connectivity index (χ2n) is 6.34. The van der Waals surface area contributed by atoms with Crippen LogP contribution in [0.25, 0.3) is 0 Å². The topological polar surface area (TPSA) is 101 Å². The van der Waals surface area contributed by atoms with E-state index in [9.17, 15) is 13.2 Å². The van der Waals surface area contributed by atoms with Crippen LogP contribution in [0.5, 0.6) is 0 Å². The van der Waals surface area contributed by atoms with Crippen molar-refractivity contribution >= 4 is 21.6 Å². The van der Waals surface area contributed by atoms with Gasteiger partial charge in [-0.2, -0.15) is 0 Å². The zero-order valence-electron chi connectivity index (χ0n) is 13.4. The Labute approximate surface area is 137 Å². The predicted octanol–water partition coefficient (Wildman–Crippen LogP) is 1.44. The summed E-state index contributed by atoms with van der Waals surface area (Å²) in [5.74, 6) is 0.672. The quantitative estimate of drug-likeness (QED) is 0.730. The van der Waals surface area contributed by atoms with E-state index in [1.165, 1.54) is 12.8 Å². The third-order valence-corrected chi connectivity index (χ3v) is 4.99. The summed E-state index contributed by atoms with van der Waals surface area (Å²) in [5, 5.41) is 11.2. The monoisotopic (exact) mass is 339 g/mol. The molecule has 1 saturated heterocycles. The average Bonchev–Trinajstić information content (AvgIpc) is 2.48. The van der Waals surface area contributed by atoms with Gasteiger partial charge in [0.15, 0.2) is 0 Å². The van der Waals surface area contributed by atoms with Crippen molar-refractivity contribution in [3.63, 3.8) is 0 Å². The molecule has 2 atom stereocenters. The number of primary sulfonamides is 1. The Morgan fingerprint density at radius 1 is 1.39 bits per heavy atom. The van der Waals surface area contributed by atoms with Crippen molar-refractivity contribution in [3.05, 3.63) is 29.8 Å². The molecule has 1 fully saturated rings. The molecule has 7 heteroatoms. The van der Waals surface area contributed by atoms with Crippen molar-refractivity contribution < 1.29 is 13.2 Å². The molecule has 1 heterocycles. The van der Waals surface area contributed by atoms with Crippen molar-refractivity contribution in [1.29, 1.82) is 0 Å². The van der Waals surface area contributed by atoms with Gasteiger partial charge in [-0.25, -0.2) is 13.6 Å². The number of hydrogen-bond acceptors (Lipinski definition) is 4. The normalized spacial score (nSPS) is 20.0. The van der Waals surface area contributed by atoms with Crippen LogP contribution in [-0.2, 0) is 20.6 Å². The first kappa shape index (κ1) is 17.9. The Kier molecular flexibility index (Phi) is 6.15. The van der Waals surface area contributed by atoms with Crippen LogP contribution in [0.1, 0.15) is 31.7 Å². The van der Waals surface area contributed by atoms with Crippen molar-refractivity contribution in [2.45, 2.75) is 31.9 Å². The van der Waals surface area contributed by atoms with Gasteiger partial charge in [-0.1, -0.05) is 19.1 Å². The van der Waals surface area contributed by atoms with Crippen LogP contribution in [0.4, 0.5) is 5.69 Å². The molecule has 1 aromatic rings. The average molecular weight is 339 g/mol. The van der Waals surface area contributed by atoms with Crippen molar-refractivity contribution in [1.82, 2.24) is 5.32 Å². The highest BCUT2D eigenvalue weighted by molar-refractivity contribution is 7.88. The first-order valence-corrected chi connectivity index (χ1v) is 9.65. The minimum Gasteiger partial charge on any atom is -0.326 e. The van der Waals surface area contributed by atoms with E-state index < -0.39 is 10.0 Å². The number of nitrogens with one attached hydrogen (secondary N) is 2. The number of benzene rings is 1. The van der Waals surface area contributed by atoms with E-state index in [4.69, 9.17) is 5.14 Å². The molecule has 2 unspecified atom stereocenters. The number of piperidine rings is 1. The van der Waals surface area contributed by atoms with E-state index in [0.717, 1.165) is 13.1 Å². The molecule has 0 radical (unpaired) electrons. The van der Waals surface area contributed by atoms with Crippen molar-refractivity contribution in [3.8, 4) is 0 Å². The number of hydrogen-bond donors (Lipinski definition) is 3. The fraction of sp³-hybridized carbons (Fsp3) is 0.562. The first-order valence-electron chi connectivity index (χ1n) is 7.93. The molecule has 1 amide bonds. The number of anilines is 1. The van der Waals surface area contributed by atoms with E-state index in [2.05, 4.69) is 17.6 Å². The van der Waals surface area contributed by atoms with Gasteiger partial charge in [0.05, 0.1) is 5.75 Å². The number of amides is 1. The highest BCUT2D eigenvalue weighted by atomic mass is 32.2. The smallest absolute Gasteiger partial charge is 0.224 e. The standard InChI is InChI=1S/C16H25N3O3S/c1-12(14-3-2-8-18-10-14)9-16(20)19-15-6-4-13(5-7-15)11-23(17,21)22/h4-7,12,14,18H,2-3,8-11H2,1H3,(H,19,20)(H2,17,21,22). The Bertz CT molecular complexity index is 622. The van der Waals surface area contributed by atoms with Gasteiger partial charge in [-0.3, -0.25) is 4.79 Å². The fourth-order valence-electron chi connectivity index (χ4n) is 2.95. The third kappa shape index (κ3) is 6.29. The molecule has 1 aromatic carbocycles. The molecule has 1 aliphatic heterocycles. The number of sulfonamides is 1. The van der Waals surface area contributed by atoms with E-state index in [1.807, 2.05) is 0 Å². The second-order valence-corrected chi connectivity index (χ2v) is 7.95. The SMILES string of the molecule is CC(CC(=O)Nc1ccc(CS(N)(=O)=O)cc1)C1CCCNC1. The first-order chi connectivity index (χ1) is 10.8. The zero-order valence-corrected chi connectivity index (χ0v) is 14.2. The largest absolute Gasteiger partial charge is 0.326 e. The highest BCUT2D eigenvalue weighted by Gasteiger charge is 2.22. The van der Waals surface area contributed by atoms with Crippen LogP contribution in [0.15, 0.2) is 24.3 Å². The molecule has 0 saturated carbocycles. The Morgan fingerprint density at radius 3 is 2.65 bits per heavy atom. The molecular weight excluding hydrogens is 314 g/mol. The number of nitrogens with two attached hydrogens (primary N) is 1. The van der Waals surface area contributed by atoms with Gasteiger partial charge < -0.3 is 10.6 Å². The maximum absolute atomic E-state index is 12.1. The van der Waals surface area contributed by atoms with Gasteiger partial charge in [0.1, 0.15) is 0 Å². The molecule has 128 valence electrons. The predicted molar refractivity (Wildman–Crippen MR) is 91.3 cm³/mol. The molecule has 0 aromatic heterocycles. The van der Waals surface area contributed by atoms with E-state index >= 15 is 0 Å². The lowest BCUT2D eigenvalue weighted by Crippen LogP contribution is -2.34. The maximum Gasteiger partial charge on any atom is 0.224 e. The summed E-state index contributed by atoms with van der Waals surface area (Å²) in [6, 6.07) is 6.72. The number of carbonyl (C=O) groups is 1. The molecule has 0 bridgehead atoms. The summed E-state index contributed by atoms with van der Waals surface area (Å²) in [4.78, 5) is 12.1. The lowest BCUT2D eigenvalue weighted by molar-refractivity contribution is -0.117. The highest BCUT2D eigenvalue weighted by Crippen LogP contribution is 2.23. The van der Waals surface area contributed by atoms with E-state index in [1.54, 1.807) is 24.3 Å². The summed E-state index contributed by atoms with van der Waals surface area (Å²) < 4.78 is 22.1. The van der Waals surface area contributed by atoms with Crippen LogP contribution in [-0.4, -0.2) is 27.4 Å². The van der Waals surface area contributed by atoms with Crippen LogP contribution in [0, 0.1) is 11.8 Å². The molecule has 1 aliphatic rings. The van der Waals surface area contributed by atoms with Gasteiger partial charge in [0.2, 0.25) is 15.9 Å². The molecule has 0 spiro atoms. The van der Waals surface area contributed by atoms with Gasteiger partial charge >= 0.3 is 0 Å². The van der Waals surface area contributed by atoms with Crippen molar-refractivity contribution in [2.75, 3.05) is 18.4 Å². The van der Waals surface area contributed by atoms with Crippen molar-refractivity contribution in [2.24, 2.45) is 17.0 Å². The zero-order chi connectivity index (χ0) is 16.9. The van der Waals surface area contributed by atoms with Crippen LogP contribution in [0.2, 0.25) is 0 Å². The summed E-state index contributed by atoms with van der Waals surface area (Å²) in [5.41, 5.74) is 1.27. The van der Waals surface area contributed by atoms with Crippen LogP contribution < -0.4 is 15.8 Å². The Morgan fingerprint density at radius 2 is 2.09 bits per heavy atom. The summed E-state index contributed by atoms with van der Waals surface area (Å²) in [6.07, 6.45) is 2.83. The molecule has 6 nitrogen and oxygen atoms in total. The summed E-state index contributed by atoms with van der Waals surface area (Å²) >= 11 is 0. The van der Waals surface area contributed by atoms with E-state index in [0.29, 0.717) is 29.5 Å². The molecule has 23 heavy (non-hydrogen) atoms. The molecule has 2 rings (SSSR count). The molecular formula is C16H25N3O3S. The van der Waals surface area contributed by atoms with Gasteiger partial charge in [-0.05, 0) is 55.5 Å². The molecule has 0 aliphatic carbocycles. The van der Waals surface area contributed by atoms with Gasteiger partial charge in [-0.15, -0.1) is 0 Å². The minimum atomic E-state index is -3.53. The number of carbonyl (C=O) groups excluding carboxylic acids is 1. The lowest BCUT2D eigenvalue weighted by atomic mass is 9.85.